The van der Waals surface area contributed by atoms with Gasteiger partial charge in [-0.25, -0.2) is 0 Å². The van der Waals surface area contributed by atoms with Crippen LogP contribution in [0.2, 0.25) is 5.02 Å². The van der Waals surface area contributed by atoms with E-state index in [1.54, 1.807) is 0 Å². The van der Waals surface area contributed by atoms with E-state index in [0.29, 0.717) is 10.4 Å². The molecule has 7 heteroatoms. The first kappa shape index (κ1) is 15.2. The van der Waals surface area contributed by atoms with Crippen LogP contribution in [0.15, 0.2) is 28.7 Å². The van der Waals surface area contributed by atoms with E-state index in [4.69, 9.17) is 21.8 Å². The van der Waals surface area contributed by atoms with E-state index in [0.717, 1.165) is 6.07 Å². The van der Waals surface area contributed by atoms with Crippen LogP contribution in [0.3, 0.4) is 0 Å². The Morgan fingerprint density at radius 2 is 2.00 bits per heavy atom. The Bertz CT molecular complexity index is 626. The molecule has 0 saturated heterocycles. The van der Waals surface area contributed by atoms with Crippen molar-refractivity contribution in [2.75, 3.05) is 0 Å². The van der Waals surface area contributed by atoms with Crippen LogP contribution in [0.1, 0.15) is 19.1 Å². The quantitative estimate of drug-likeness (QED) is 0.911. The van der Waals surface area contributed by atoms with Crippen molar-refractivity contribution in [2.24, 2.45) is 5.73 Å². The summed E-state index contributed by atoms with van der Waals surface area (Å²) in [7, 11) is 0. The fraction of sp³-hybridized carbons (Fsp3) is 0.385. The first-order valence-electron chi connectivity index (χ1n) is 5.94. The zero-order chi connectivity index (χ0) is 15.1. The number of fused-ring (bicyclic) bond motifs is 1. The Kier molecular flexibility index (Phi) is 3.75. The van der Waals surface area contributed by atoms with Gasteiger partial charge in [-0.2, -0.15) is 13.2 Å². The first-order chi connectivity index (χ1) is 9.20. The zero-order valence-electron chi connectivity index (χ0n) is 10.5. The molecule has 0 saturated carbocycles. The Balaban J connectivity index is 2.63. The molecule has 0 amide bonds. The lowest BCUT2D eigenvalue weighted by atomic mass is 9.89. The largest absolute Gasteiger partial charge is 0.458 e. The molecule has 1 aromatic carbocycles. The summed E-state index contributed by atoms with van der Waals surface area (Å²) in [6, 6.07) is 3.97. The topological polar surface area (TPSA) is 59.4 Å². The van der Waals surface area contributed by atoms with E-state index in [1.165, 1.54) is 25.1 Å². The van der Waals surface area contributed by atoms with Crippen LogP contribution in [-0.2, 0) is 5.60 Å². The van der Waals surface area contributed by atoms with Crippen molar-refractivity contribution in [1.82, 2.24) is 0 Å². The number of furan rings is 1. The lowest BCUT2D eigenvalue weighted by Crippen LogP contribution is -2.55. The van der Waals surface area contributed by atoms with Gasteiger partial charge < -0.3 is 15.3 Å². The highest BCUT2D eigenvalue weighted by Crippen LogP contribution is 2.43. The molecule has 0 radical (unpaired) electrons. The molecular weight excluding hydrogens is 295 g/mol. The number of benzene rings is 1. The fourth-order valence-electron chi connectivity index (χ4n) is 2.03. The molecule has 2 aromatic rings. The van der Waals surface area contributed by atoms with Gasteiger partial charge in [0.2, 0.25) is 5.60 Å². The molecule has 110 valence electrons. The minimum atomic E-state index is -4.94. The molecular formula is C13H13ClF3NO2. The van der Waals surface area contributed by atoms with Crippen LogP contribution < -0.4 is 5.73 Å². The summed E-state index contributed by atoms with van der Waals surface area (Å²) in [6.45, 7) is 1.46. The predicted octanol–water partition coefficient (Wildman–Crippen LogP) is 3.57. The maximum Gasteiger partial charge on any atom is 0.426 e. The highest BCUT2D eigenvalue weighted by atomic mass is 35.5. The van der Waals surface area contributed by atoms with Gasteiger partial charge >= 0.3 is 6.18 Å². The van der Waals surface area contributed by atoms with Gasteiger partial charge in [0.25, 0.3) is 0 Å². The van der Waals surface area contributed by atoms with Gasteiger partial charge in [0.05, 0.1) is 0 Å². The van der Waals surface area contributed by atoms with Crippen molar-refractivity contribution >= 4 is 22.6 Å². The summed E-state index contributed by atoms with van der Waals surface area (Å²) in [6.07, 6.45) is -5.01. The van der Waals surface area contributed by atoms with E-state index >= 15 is 0 Å². The van der Waals surface area contributed by atoms with Gasteiger partial charge in [-0.3, -0.25) is 0 Å². The van der Waals surface area contributed by atoms with Gasteiger partial charge in [0.1, 0.15) is 11.3 Å². The van der Waals surface area contributed by atoms with Crippen molar-refractivity contribution in [2.45, 2.75) is 31.2 Å². The van der Waals surface area contributed by atoms with Crippen molar-refractivity contribution in [3.63, 3.8) is 0 Å². The molecule has 3 nitrogen and oxygen atoms in total. The third-order valence-electron chi connectivity index (χ3n) is 3.26. The summed E-state index contributed by atoms with van der Waals surface area (Å²) < 4.78 is 44.8. The molecule has 0 spiro atoms. The van der Waals surface area contributed by atoms with Crippen molar-refractivity contribution in [3.8, 4) is 0 Å². The summed E-state index contributed by atoms with van der Waals surface area (Å²) in [5.41, 5.74) is 2.44. The Hall–Kier alpha value is -1.24. The molecule has 2 atom stereocenters. The van der Waals surface area contributed by atoms with E-state index in [2.05, 4.69) is 0 Å². The van der Waals surface area contributed by atoms with Gasteiger partial charge in [-0.05, 0) is 30.7 Å². The first-order valence-corrected chi connectivity index (χ1v) is 6.32. The highest BCUT2D eigenvalue weighted by Gasteiger charge is 2.60. The summed E-state index contributed by atoms with van der Waals surface area (Å²) in [5.74, 6) is -0.628. The van der Waals surface area contributed by atoms with Crippen LogP contribution in [0.4, 0.5) is 13.2 Å². The normalized spacial score (nSPS) is 17.1. The van der Waals surface area contributed by atoms with Crippen LogP contribution in [0, 0.1) is 0 Å². The predicted molar refractivity (Wildman–Crippen MR) is 69.4 cm³/mol. The van der Waals surface area contributed by atoms with Crippen molar-refractivity contribution in [3.05, 3.63) is 35.0 Å². The van der Waals surface area contributed by atoms with Crippen LogP contribution in [0.25, 0.3) is 11.0 Å². The van der Waals surface area contributed by atoms with E-state index in [1.807, 2.05) is 0 Å². The standard InChI is InChI=1S/C13H13ClF3NO2/c1-2-10(18)12(19,13(15,16)17)11-6-7-5-8(14)3-4-9(7)20-11/h3-6,10,19H,2,18H2,1H3. The third-order valence-corrected chi connectivity index (χ3v) is 3.50. The summed E-state index contributed by atoms with van der Waals surface area (Å²) >= 11 is 5.77. The van der Waals surface area contributed by atoms with Crippen LogP contribution in [0.5, 0.6) is 0 Å². The maximum absolute atomic E-state index is 13.2. The molecule has 2 unspecified atom stereocenters. The third kappa shape index (κ3) is 2.28. The lowest BCUT2D eigenvalue weighted by Gasteiger charge is -2.33. The van der Waals surface area contributed by atoms with E-state index in [9.17, 15) is 18.3 Å². The monoisotopic (exact) mass is 307 g/mol. The maximum atomic E-state index is 13.2. The molecule has 20 heavy (non-hydrogen) atoms. The molecule has 0 fully saturated rings. The minimum absolute atomic E-state index is 0.0617. The molecule has 3 N–H and O–H groups in total. The number of hydrogen-bond acceptors (Lipinski definition) is 3. The summed E-state index contributed by atoms with van der Waals surface area (Å²) in [4.78, 5) is 0. The number of aliphatic hydroxyl groups is 1. The second kappa shape index (κ2) is 4.95. The second-order valence-corrected chi connectivity index (χ2v) is 5.01. The minimum Gasteiger partial charge on any atom is -0.458 e. The SMILES string of the molecule is CCC(N)C(O)(c1cc2cc(Cl)ccc2o1)C(F)(F)F. The Morgan fingerprint density at radius 3 is 2.55 bits per heavy atom. The molecule has 2 rings (SSSR count). The number of alkyl halides is 3. The van der Waals surface area contributed by atoms with Gasteiger partial charge in [-0.15, -0.1) is 0 Å². The van der Waals surface area contributed by atoms with Gasteiger partial charge in [-0.1, -0.05) is 18.5 Å². The smallest absolute Gasteiger partial charge is 0.426 e. The van der Waals surface area contributed by atoms with Gasteiger partial charge in [0.15, 0.2) is 0 Å². The average Bonchev–Trinajstić information content (AvgIpc) is 2.78. The van der Waals surface area contributed by atoms with Gasteiger partial charge in [0, 0.05) is 16.5 Å². The Labute approximate surface area is 118 Å². The molecule has 0 aliphatic rings. The lowest BCUT2D eigenvalue weighted by molar-refractivity contribution is -0.280. The van der Waals surface area contributed by atoms with Crippen LogP contribution >= 0.6 is 11.6 Å². The fourth-order valence-corrected chi connectivity index (χ4v) is 2.21. The molecule has 1 aromatic heterocycles. The number of nitrogens with two attached hydrogens (primary N) is 1. The summed E-state index contributed by atoms with van der Waals surface area (Å²) in [5, 5.41) is 10.8. The van der Waals surface area contributed by atoms with Crippen LogP contribution in [-0.4, -0.2) is 17.3 Å². The molecule has 1 heterocycles. The number of hydrogen-bond donors (Lipinski definition) is 2. The number of halogens is 4. The van der Waals surface area contributed by atoms with E-state index in [-0.39, 0.29) is 12.0 Å². The van der Waals surface area contributed by atoms with E-state index < -0.39 is 23.6 Å². The van der Waals surface area contributed by atoms with Crippen molar-refractivity contribution in [1.29, 1.82) is 0 Å². The molecule has 0 aliphatic heterocycles. The highest BCUT2D eigenvalue weighted by molar-refractivity contribution is 6.31. The van der Waals surface area contributed by atoms with Crippen molar-refractivity contribution < 1.29 is 22.7 Å². The molecule has 0 bridgehead atoms. The molecule has 0 aliphatic carbocycles. The zero-order valence-corrected chi connectivity index (χ0v) is 11.3. The Morgan fingerprint density at radius 1 is 1.35 bits per heavy atom. The second-order valence-electron chi connectivity index (χ2n) is 4.57. The average molecular weight is 308 g/mol. The number of rotatable bonds is 3.